The van der Waals surface area contributed by atoms with Gasteiger partial charge in [0.05, 0.1) is 6.61 Å². The van der Waals surface area contributed by atoms with Crippen LogP contribution in [-0.2, 0) is 9.47 Å². The molecule has 0 aromatic carbocycles. The number of guanidine groups is 1. The van der Waals surface area contributed by atoms with E-state index in [0.29, 0.717) is 25.7 Å². The molecule has 0 aliphatic rings. The third kappa shape index (κ3) is 13.9. The first kappa shape index (κ1) is 18.3. The van der Waals surface area contributed by atoms with E-state index in [2.05, 4.69) is 10.3 Å². The molecule has 0 aliphatic heterocycles. The summed E-state index contributed by atoms with van der Waals surface area (Å²) in [7, 11) is 0. The average molecular weight is 345 g/mol. The molecule has 98 valence electrons. The van der Waals surface area contributed by atoms with E-state index in [1.54, 1.807) is 0 Å². The Labute approximate surface area is 115 Å². The third-order valence-electron chi connectivity index (χ3n) is 1.69. The van der Waals surface area contributed by atoms with E-state index in [9.17, 15) is 0 Å². The highest BCUT2D eigenvalue weighted by atomic mass is 127. The van der Waals surface area contributed by atoms with Crippen LogP contribution in [-0.4, -0.2) is 45.5 Å². The molecule has 0 aliphatic carbocycles. The molecule has 16 heavy (non-hydrogen) atoms. The molecule has 0 fully saturated rings. The Morgan fingerprint density at radius 3 is 2.44 bits per heavy atom. The zero-order chi connectivity index (χ0) is 11.4. The molecule has 3 N–H and O–H groups in total. The summed E-state index contributed by atoms with van der Waals surface area (Å²) in [5.74, 6) is 0.478. The first-order chi connectivity index (χ1) is 7.31. The third-order valence-corrected chi connectivity index (χ3v) is 1.69. The van der Waals surface area contributed by atoms with Gasteiger partial charge in [0.2, 0.25) is 0 Å². The van der Waals surface area contributed by atoms with Crippen LogP contribution in [0.15, 0.2) is 4.99 Å². The lowest BCUT2D eigenvalue weighted by atomic mass is 10.4. The minimum absolute atomic E-state index is 0. The molecule has 0 spiro atoms. The molecule has 0 saturated carbocycles. The molecule has 0 rings (SSSR count). The van der Waals surface area contributed by atoms with E-state index >= 15 is 0 Å². The van der Waals surface area contributed by atoms with E-state index < -0.39 is 0 Å². The topological polar surface area (TPSA) is 68.9 Å². The SMILES string of the molecule is CCOCCCN=C(N)NCCOCC.I. The predicted octanol–water partition coefficient (Wildman–Crippen LogP) is 0.972. The molecule has 0 bridgehead atoms. The molecular weight excluding hydrogens is 321 g/mol. The van der Waals surface area contributed by atoms with Crippen molar-refractivity contribution in [1.82, 2.24) is 5.32 Å². The number of ether oxygens (including phenoxy) is 2. The molecule has 0 radical (unpaired) electrons. The fraction of sp³-hybridized carbons (Fsp3) is 0.900. The number of nitrogens with one attached hydrogen (secondary N) is 1. The summed E-state index contributed by atoms with van der Waals surface area (Å²) in [4.78, 5) is 4.14. The minimum Gasteiger partial charge on any atom is -0.382 e. The summed E-state index contributed by atoms with van der Waals surface area (Å²) in [6.45, 7) is 8.23. The highest BCUT2D eigenvalue weighted by Gasteiger charge is 1.91. The van der Waals surface area contributed by atoms with Gasteiger partial charge in [0.1, 0.15) is 0 Å². The second-order valence-electron chi connectivity index (χ2n) is 2.94. The van der Waals surface area contributed by atoms with Crippen molar-refractivity contribution in [3.63, 3.8) is 0 Å². The first-order valence-electron chi connectivity index (χ1n) is 5.50. The predicted molar refractivity (Wildman–Crippen MR) is 77.5 cm³/mol. The van der Waals surface area contributed by atoms with Gasteiger partial charge in [0.15, 0.2) is 5.96 Å². The van der Waals surface area contributed by atoms with E-state index in [0.717, 1.165) is 26.2 Å². The number of rotatable bonds is 9. The van der Waals surface area contributed by atoms with E-state index in [4.69, 9.17) is 15.2 Å². The minimum atomic E-state index is 0. The molecule has 0 atom stereocenters. The monoisotopic (exact) mass is 345 g/mol. The van der Waals surface area contributed by atoms with Crippen molar-refractivity contribution in [3.05, 3.63) is 0 Å². The highest BCUT2D eigenvalue weighted by molar-refractivity contribution is 14.0. The molecular formula is C10H24IN3O2. The maximum Gasteiger partial charge on any atom is 0.188 e. The van der Waals surface area contributed by atoms with E-state index in [1.165, 1.54) is 0 Å². The number of nitrogens with two attached hydrogens (primary N) is 1. The Bertz CT molecular complexity index is 168. The summed E-state index contributed by atoms with van der Waals surface area (Å²) < 4.78 is 10.3. The zero-order valence-electron chi connectivity index (χ0n) is 10.2. The van der Waals surface area contributed by atoms with Crippen molar-refractivity contribution in [2.75, 3.05) is 39.5 Å². The molecule has 0 unspecified atom stereocenters. The fourth-order valence-electron chi connectivity index (χ4n) is 0.962. The van der Waals surface area contributed by atoms with Crippen molar-refractivity contribution in [2.24, 2.45) is 10.7 Å². The second kappa shape index (κ2) is 14.9. The van der Waals surface area contributed by atoms with E-state index in [-0.39, 0.29) is 24.0 Å². The molecule has 0 saturated heterocycles. The van der Waals surface area contributed by atoms with Gasteiger partial charge in [0, 0.05) is 32.9 Å². The quantitative estimate of drug-likeness (QED) is 0.283. The highest BCUT2D eigenvalue weighted by Crippen LogP contribution is 1.83. The van der Waals surface area contributed by atoms with Gasteiger partial charge >= 0.3 is 0 Å². The Kier molecular flexibility index (Phi) is 17.1. The van der Waals surface area contributed by atoms with Gasteiger partial charge in [-0.25, -0.2) is 0 Å². The summed E-state index contributed by atoms with van der Waals surface area (Å²) in [5, 5.41) is 2.97. The smallest absolute Gasteiger partial charge is 0.188 e. The van der Waals surface area contributed by atoms with Crippen molar-refractivity contribution < 1.29 is 9.47 Å². The second-order valence-corrected chi connectivity index (χ2v) is 2.94. The van der Waals surface area contributed by atoms with Crippen LogP contribution < -0.4 is 11.1 Å². The average Bonchev–Trinajstić information content (AvgIpc) is 2.24. The Morgan fingerprint density at radius 1 is 1.19 bits per heavy atom. The normalized spacial score (nSPS) is 11.0. The van der Waals surface area contributed by atoms with Crippen LogP contribution in [0.5, 0.6) is 0 Å². The number of aliphatic imine (C=N–C) groups is 1. The van der Waals surface area contributed by atoms with Crippen molar-refractivity contribution in [2.45, 2.75) is 20.3 Å². The van der Waals surface area contributed by atoms with Crippen LogP contribution in [0.2, 0.25) is 0 Å². The summed E-state index contributed by atoms with van der Waals surface area (Å²) in [6.07, 6.45) is 0.904. The Balaban J connectivity index is 0. The number of nitrogens with zero attached hydrogens (tertiary/aromatic N) is 1. The first-order valence-corrected chi connectivity index (χ1v) is 5.50. The van der Waals surface area contributed by atoms with Crippen molar-refractivity contribution >= 4 is 29.9 Å². The van der Waals surface area contributed by atoms with Gasteiger partial charge in [-0.2, -0.15) is 0 Å². The molecule has 0 amide bonds. The number of hydrogen-bond acceptors (Lipinski definition) is 3. The zero-order valence-corrected chi connectivity index (χ0v) is 12.5. The van der Waals surface area contributed by atoms with Crippen molar-refractivity contribution in [3.8, 4) is 0 Å². The van der Waals surface area contributed by atoms with Gasteiger partial charge in [0.25, 0.3) is 0 Å². The van der Waals surface area contributed by atoms with E-state index in [1.807, 2.05) is 13.8 Å². The molecule has 6 heteroatoms. The number of hydrogen-bond donors (Lipinski definition) is 2. The Hall–Kier alpha value is -0.0800. The lowest BCUT2D eigenvalue weighted by molar-refractivity contribution is 0.146. The van der Waals surface area contributed by atoms with Gasteiger partial charge in [-0.1, -0.05) is 0 Å². The largest absolute Gasteiger partial charge is 0.382 e. The van der Waals surface area contributed by atoms with Crippen LogP contribution in [0.1, 0.15) is 20.3 Å². The number of halogens is 1. The van der Waals surface area contributed by atoms with Gasteiger partial charge in [-0.15, -0.1) is 24.0 Å². The molecule has 0 aromatic rings. The van der Waals surface area contributed by atoms with Crippen LogP contribution in [0.4, 0.5) is 0 Å². The van der Waals surface area contributed by atoms with Crippen LogP contribution in [0.3, 0.4) is 0 Å². The molecule has 0 heterocycles. The lowest BCUT2D eigenvalue weighted by Crippen LogP contribution is -2.34. The summed E-state index contributed by atoms with van der Waals surface area (Å²) in [6, 6.07) is 0. The van der Waals surface area contributed by atoms with Crippen LogP contribution >= 0.6 is 24.0 Å². The lowest BCUT2D eigenvalue weighted by Gasteiger charge is -2.05. The fourth-order valence-corrected chi connectivity index (χ4v) is 0.962. The van der Waals surface area contributed by atoms with Crippen molar-refractivity contribution in [1.29, 1.82) is 0 Å². The van der Waals surface area contributed by atoms with Gasteiger partial charge in [-0.05, 0) is 20.3 Å². The summed E-state index contributed by atoms with van der Waals surface area (Å²) in [5.41, 5.74) is 5.61. The maximum atomic E-state index is 5.61. The van der Waals surface area contributed by atoms with Crippen LogP contribution in [0.25, 0.3) is 0 Å². The van der Waals surface area contributed by atoms with Crippen LogP contribution in [0, 0.1) is 0 Å². The van der Waals surface area contributed by atoms with Gasteiger partial charge in [-0.3, -0.25) is 4.99 Å². The molecule has 5 nitrogen and oxygen atoms in total. The molecule has 0 aromatic heterocycles. The maximum absolute atomic E-state index is 5.61. The van der Waals surface area contributed by atoms with Gasteiger partial charge < -0.3 is 20.5 Å². The standard InChI is InChI=1S/C10H23N3O2.HI/c1-3-14-8-5-6-12-10(11)13-7-9-15-4-2;/h3-9H2,1-2H3,(H3,11,12,13);1H. The Morgan fingerprint density at radius 2 is 1.81 bits per heavy atom. The summed E-state index contributed by atoms with van der Waals surface area (Å²) >= 11 is 0.